The molecule has 4 rings (SSSR count). The quantitative estimate of drug-likeness (QED) is 0.251. The number of rotatable bonds is 12. The van der Waals surface area contributed by atoms with Crippen molar-refractivity contribution in [2.75, 3.05) is 17.4 Å². The number of halogens is 1. The number of nitrogens with one attached hydrogen (secondary N) is 1. The molecule has 0 radical (unpaired) electrons. The van der Waals surface area contributed by atoms with E-state index in [1.54, 1.807) is 17.0 Å². The van der Waals surface area contributed by atoms with Crippen molar-refractivity contribution < 1.29 is 18.0 Å². The van der Waals surface area contributed by atoms with Crippen molar-refractivity contribution in [1.29, 1.82) is 0 Å². The van der Waals surface area contributed by atoms with E-state index in [-0.39, 0.29) is 23.4 Å². The van der Waals surface area contributed by atoms with Gasteiger partial charge in [0, 0.05) is 17.6 Å². The Morgan fingerprint density at radius 2 is 1.60 bits per heavy atom. The summed E-state index contributed by atoms with van der Waals surface area (Å²) in [5, 5.41) is 3.60. The third-order valence-electron chi connectivity index (χ3n) is 8.28. The number of hydrogen-bond acceptors (Lipinski definition) is 4. The highest BCUT2D eigenvalue weighted by Gasteiger charge is 2.34. The molecule has 1 fully saturated rings. The number of sulfonamides is 1. The van der Waals surface area contributed by atoms with Gasteiger partial charge in [-0.25, -0.2) is 8.42 Å². The normalized spacial score (nSPS) is 14.6. The summed E-state index contributed by atoms with van der Waals surface area (Å²) in [5.74, 6) is -0.619. The molecular formula is C34H42ClN3O4S. The highest BCUT2D eigenvalue weighted by Crippen LogP contribution is 2.27. The molecule has 0 spiro atoms. The lowest BCUT2D eigenvalue weighted by Gasteiger charge is -2.34. The Hall–Kier alpha value is -3.36. The second-order valence-corrected chi connectivity index (χ2v) is 13.6. The lowest BCUT2D eigenvalue weighted by Crippen LogP contribution is -2.54. The van der Waals surface area contributed by atoms with Crippen molar-refractivity contribution in [3.8, 4) is 0 Å². The van der Waals surface area contributed by atoms with Crippen LogP contribution in [-0.4, -0.2) is 50.3 Å². The van der Waals surface area contributed by atoms with E-state index < -0.39 is 28.5 Å². The first-order valence-corrected chi connectivity index (χ1v) is 16.9. The summed E-state index contributed by atoms with van der Waals surface area (Å²) >= 11 is 6.05. The predicted molar refractivity (Wildman–Crippen MR) is 173 cm³/mol. The summed E-state index contributed by atoms with van der Waals surface area (Å²) in [6, 6.07) is 20.4. The minimum absolute atomic E-state index is 0.0286. The second kappa shape index (κ2) is 14.9. The molecule has 0 heterocycles. The monoisotopic (exact) mass is 623 g/mol. The summed E-state index contributed by atoms with van der Waals surface area (Å²) in [5.41, 5.74) is 3.33. The van der Waals surface area contributed by atoms with E-state index in [1.807, 2.05) is 57.2 Å². The van der Waals surface area contributed by atoms with Crippen LogP contribution in [-0.2, 0) is 26.0 Å². The number of amides is 2. The molecule has 9 heteroatoms. The average Bonchev–Trinajstić information content (AvgIpc) is 3.00. The van der Waals surface area contributed by atoms with E-state index in [0.29, 0.717) is 23.6 Å². The fourth-order valence-electron chi connectivity index (χ4n) is 5.58. The van der Waals surface area contributed by atoms with Gasteiger partial charge in [0.05, 0.1) is 10.6 Å². The highest BCUT2D eigenvalue weighted by molar-refractivity contribution is 7.92. The molecule has 1 N–H and O–H groups in total. The number of carbonyl (C=O) groups excluding carboxylic acids is 2. The number of hydrogen-bond donors (Lipinski definition) is 1. The minimum atomic E-state index is -4.14. The van der Waals surface area contributed by atoms with Gasteiger partial charge in [-0.3, -0.25) is 13.9 Å². The lowest BCUT2D eigenvalue weighted by molar-refractivity contribution is -0.140. The van der Waals surface area contributed by atoms with Crippen LogP contribution in [0.25, 0.3) is 0 Å². The van der Waals surface area contributed by atoms with Gasteiger partial charge in [0.2, 0.25) is 11.8 Å². The van der Waals surface area contributed by atoms with Crippen LogP contribution in [0.3, 0.4) is 0 Å². The Kier molecular flexibility index (Phi) is 11.3. The van der Waals surface area contributed by atoms with Gasteiger partial charge < -0.3 is 10.2 Å². The molecule has 2 amide bonds. The molecule has 0 saturated heterocycles. The zero-order chi connectivity index (χ0) is 31.0. The van der Waals surface area contributed by atoms with E-state index in [1.165, 1.54) is 30.7 Å². The van der Waals surface area contributed by atoms with E-state index in [4.69, 9.17) is 11.6 Å². The fourth-order valence-corrected chi connectivity index (χ4v) is 7.12. The molecule has 43 heavy (non-hydrogen) atoms. The molecule has 0 aromatic heterocycles. The zero-order valence-electron chi connectivity index (χ0n) is 25.3. The standard InChI is InChI=1S/C34H42ClN3O4S/c1-4-32(34(40)36-29-13-9-6-10-14-29)37(22-21-27-11-7-5-8-12-27)33(39)24-38(30-18-15-25(2)26(3)23-30)43(41,42)31-19-16-28(35)17-20-31/h5,7-8,11-12,15-20,23,29,32H,4,6,9-10,13-14,21-22,24H2,1-3H3,(H,36,40)/t32-/m1/s1. The highest BCUT2D eigenvalue weighted by atomic mass is 35.5. The Balaban J connectivity index is 1.68. The number of anilines is 1. The van der Waals surface area contributed by atoms with Gasteiger partial charge in [0.1, 0.15) is 12.6 Å². The largest absolute Gasteiger partial charge is 0.352 e. The average molecular weight is 624 g/mol. The van der Waals surface area contributed by atoms with Crippen LogP contribution >= 0.6 is 11.6 Å². The van der Waals surface area contributed by atoms with Crippen LogP contribution in [0.2, 0.25) is 5.02 Å². The van der Waals surface area contributed by atoms with Crippen molar-refractivity contribution >= 4 is 39.1 Å². The lowest BCUT2D eigenvalue weighted by atomic mass is 9.95. The summed E-state index contributed by atoms with van der Waals surface area (Å²) < 4.78 is 29.2. The van der Waals surface area contributed by atoms with Gasteiger partial charge in [0.15, 0.2) is 0 Å². The van der Waals surface area contributed by atoms with E-state index in [2.05, 4.69) is 5.32 Å². The van der Waals surface area contributed by atoms with E-state index >= 15 is 0 Å². The molecule has 1 atom stereocenters. The van der Waals surface area contributed by atoms with E-state index in [9.17, 15) is 18.0 Å². The van der Waals surface area contributed by atoms with Gasteiger partial charge in [-0.1, -0.05) is 74.2 Å². The summed E-state index contributed by atoms with van der Waals surface area (Å²) in [4.78, 5) is 29.5. The van der Waals surface area contributed by atoms with Crippen molar-refractivity contribution in [2.45, 2.75) is 82.7 Å². The van der Waals surface area contributed by atoms with Crippen LogP contribution in [0.4, 0.5) is 5.69 Å². The van der Waals surface area contributed by atoms with Crippen LogP contribution in [0.15, 0.2) is 77.7 Å². The Morgan fingerprint density at radius 1 is 0.930 bits per heavy atom. The third-order valence-corrected chi connectivity index (χ3v) is 10.3. The first kappa shape index (κ1) is 32.6. The molecule has 7 nitrogen and oxygen atoms in total. The number of nitrogens with zero attached hydrogens (tertiary/aromatic N) is 2. The third kappa shape index (κ3) is 8.39. The summed E-state index contributed by atoms with van der Waals surface area (Å²) in [6.45, 7) is 5.57. The first-order valence-electron chi connectivity index (χ1n) is 15.1. The first-order chi connectivity index (χ1) is 20.6. The van der Waals surface area contributed by atoms with Crippen molar-refractivity contribution in [3.05, 3.63) is 94.5 Å². The topological polar surface area (TPSA) is 86.8 Å². The molecule has 1 aliphatic carbocycles. The molecule has 3 aromatic carbocycles. The van der Waals surface area contributed by atoms with Crippen molar-refractivity contribution in [1.82, 2.24) is 10.2 Å². The van der Waals surface area contributed by atoms with Crippen LogP contribution in [0.5, 0.6) is 0 Å². The number of carbonyl (C=O) groups is 2. The molecule has 0 aliphatic heterocycles. The fraction of sp³-hybridized carbons (Fsp3) is 0.412. The van der Waals surface area contributed by atoms with Gasteiger partial charge >= 0.3 is 0 Å². The zero-order valence-corrected chi connectivity index (χ0v) is 26.8. The summed E-state index contributed by atoms with van der Waals surface area (Å²) in [6.07, 6.45) is 6.12. The Morgan fingerprint density at radius 3 is 2.23 bits per heavy atom. The SMILES string of the molecule is CC[C@H](C(=O)NC1CCCCC1)N(CCc1ccccc1)C(=O)CN(c1ccc(C)c(C)c1)S(=O)(=O)c1ccc(Cl)cc1. The van der Waals surface area contributed by atoms with Crippen molar-refractivity contribution in [3.63, 3.8) is 0 Å². The van der Waals surface area contributed by atoms with Gasteiger partial charge in [-0.05, 0) is 92.6 Å². The molecule has 230 valence electrons. The minimum Gasteiger partial charge on any atom is -0.352 e. The molecular weight excluding hydrogens is 582 g/mol. The molecule has 0 bridgehead atoms. The van der Waals surface area contributed by atoms with Gasteiger partial charge in [-0.2, -0.15) is 0 Å². The van der Waals surface area contributed by atoms with Crippen LogP contribution < -0.4 is 9.62 Å². The second-order valence-electron chi connectivity index (χ2n) is 11.3. The number of benzene rings is 3. The summed E-state index contributed by atoms with van der Waals surface area (Å²) in [7, 11) is -4.14. The Bertz CT molecular complexity index is 1490. The van der Waals surface area contributed by atoms with Gasteiger partial charge in [0.25, 0.3) is 10.0 Å². The Labute approximate surface area is 261 Å². The van der Waals surface area contributed by atoms with Crippen LogP contribution in [0, 0.1) is 13.8 Å². The number of aryl methyl sites for hydroxylation is 2. The smallest absolute Gasteiger partial charge is 0.264 e. The van der Waals surface area contributed by atoms with Gasteiger partial charge in [-0.15, -0.1) is 0 Å². The van der Waals surface area contributed by atoms with E-state index in [0.717, 1.165) is 46.7 Å². The molecule has 1 aliphatic rings. The predicted octanol–water partition coefficient (Wildman–Crippen LogP) is 6.45. The molecule has 0 unspecified atom stereocenters. The van der Waals surface area contributed by atoms with Crippen molar-refractivity contribution in [2.24, 2.45) is 0 Å². The maximum Gasteiger partial charge on any atom is 0.264 e. The molecule has 3 aromatic rings. The molecule has 1 saturated carbocycles. The maximum absolute atomic E-state index is 14.2. The van der Waals surface area contributed by atoms with Crippen LogP contribution in [0.1, 0.15) is 62.1 Å². The maximum atomic E-state index is 14.2.